The molecule has 1 aliphatic carbocycles. The van der Waals surface area contributed by atoms with E-state index in [9.17, 15) is 26.3 Å². The highest BCUT2D eigenvalue weighted by molar-refractivity contribution is 7.80. The molecule has 2 aliphatic rings. The molecule has 1 saturated heterocycles. The highest BCUT2D eigenvalue weighted by Crippen LogP contribution is 2.51. The average Bonchev–Trinajstić information content (AvgIpc) is 3.04. The molecule has 1 spiro atoms. The fourth-order valence-electron chi connectivity index (χ4n) is 5.85. The average molecular weight is 515 g/mol. The highest BCUT2D eigenvalue weighted by Gasteiger charge is 2.51. The normalized spacial score (nSPS) is 22.4. The molecule has 1 saturated carbocycles. The lowest BCUT2D eigenvalue weighted by atomic mass is 9.70. The van der Waals surface area contributed by atoms with Crippen LogP contribution in [0.15, 0.2) is 48.5 Å². The topological polar surface area (TPSA) is 15.3 Å². The van der Waals surface area contributed by atoms with Crippen LogP contribution < -0.4 is 5.32 Å². The molecule has 0 radical (unpaired) electrons. The Morgan fingerprint density at radius 1 is 0.914 bits per heavy atom. The first-order valence-electron chi connectivity index (χ1n) is 11.7. The van der Waals surface area contributed by atoms with E-state index in [1.54, 1.807) is 0 Å². The summed E-state index contributed by atoms with van der Waals surface area (Å²) in [6.45, 7) is 2.72. The van der Waals surface area contributed by atoms with Crippen LogP contribution in [0.2, 0.25) is 0 Å². The van der Waals surface area contributed by atoms with E-state index in [-0.39, 0.29) is 22.3 Å². The SMILES string of the molecule is C[C@@]1(Cc2ccccc2)CC2(CCCCC2)CN1C(=S)Nc1cc(C(F)(F)F)cc(C(F)(F)F)c1. The van der Waals surface area contributed by atoms with E-state index in [1.807, 2.05) is 35.2 Å². The summed E-state index contributed by atoms with van der Waals surface area (Å²) < 4.78 is 80.0. The number of likely N-dealkylation sites (tertiary alicyclic amines) is 1. The number of thiocarbonyl (C=S) groups is 1. The van der Waals surface area contributed by atoms with Gasteiger partial charge in [0, 0.05) is 17.8 Å². The third-order valence-electron chi connectivity index (χ3n) is 7.33. The van der Waals surface area contributed by atoms with Gasteiger partial charge in [-0.3, -0.25) is 0 Å². The minimum atomic E-state index is -4.92. The van der Waals surface area contributed by atoms with Crippen molar-refractivity contribution in [2.45, 2.75) is 69.8 Å². The molecule has 9 heteroatoms. The van der Waals surface area contributed by atoms with Gasteiger partial charge in [-0.15, -0.1) is 0 Å². The van der Waals surface area contributed by atoms with Gasteiger partial charge in [0.1, 0.15) is 0 Å². The zero-order chi connectivity index (χ0) is 25.5. The van der Waals surface area contributed by atoms with Gasteiger partial charge < -0.3 is 10.2 Å². The lowest BCUT2D eigenvalue weighted by Gasteiger charge is -2.37. The molecule has 2 aromatic carbocycles. The predicted molar refractivity (Wildman–Crippen MR) is 128 cm³/mol. The minimum absolute atomic E-state index is 0.0401. The molecular formula is C26H28F6N2S. The van der Waals surface area contributed by atoms with Crippen LogP contribution in [0, 0.1) is 5.41 Å². The Morgan fingerprint density at radius 2 is 1.49 bits per heavy atom. The fraction of sp³-hybridized carbons (Fsp3) is 0.500. The lowest BCUT2D eigenvalue weighted by molar-refractivity contribution is -0.143. The van der Waals surface area contributed by atoms with Gasteiger partial charge in [0.05, 0.1) is 11.1 Å². The first-order valence-corrected chi connectivity index (χ1v) is 12.1. The largest absolute Gasteiger partial charge is 0.416 e. The molecular weight excluding hydrogens is 486 g/mol. The smallest absolute Gasteiger partial charge is 0.343 e. The molecule has 1 N–H and O–H groups in total. The van der Waals surface area contributed by atoms with E-state index in [2.05, 4.69) is 12.2 Å². The molecule has 190 valence electrons. The van der Waals surface area contributed by atoms with Gasteiger partial charge in [-0.25, -0.2) is 0 Å². The summed E-state index contributed by atoms with van der Waals surface area (Å²) in [5.41, 5.74) is -2.32. The number of hydrogen-bond donors (Lipinski definition) is 1. The van der Waals surface area contributed by atoms with E-state index in [1.165, 1.54) is 6.42 Å². The third kappa shape index (κ3) is 5.76. The second-order valence-electron chi connectivity index (χ2n) is 10.2. The number of halogens is 6. The summed E-state index contributed by atoms with van der Waals surface area (Å²) in [6.07, 6.45) is -2.82. The summed E-state index contributed by atoms with van der Waals surface area (Å²) >= 11 is 5.64. The van der Waals surface area contributed by atoms with Crippen molar-refractivity contribution < 1.29 is 26.3 Å². The quantitative estimate of drug-likeness (QED) is 0.329. The fourth-order valence-corrected chi connectivity index (χ4v) is 6.25. The zero-order valence-corrected chi connectivity index (χ0v) is 20.2. The van der Waals surface area contributed by atoms with Crippen LogP contribution in [0.25, 0.3) is 0 Å². The van der Waals surface area contributed by atoms with Gasteiger partial charge in [-0.1, -0.05) is 49.6 Å². The number of hydrogen-bond acceptors (Lipinski definition) is 1. The van der Waals surface area contributed by atoms with E-state index < -0.39 is 29.0 Å². The van der Waals surface area contributed by atoms with Gasteiger partial charge in [0.15, 0.2) is 5.11 Å². The van der Waals surface area contributed by atoms with Crippen molar-refractivity contribution in [3.63, 3.8) is 0 Å². The van der Waals surface area contributed by atoms with Crippen molar-refractivity contribution in [2.75, 3.05) is 11.9 Å². The van der Waals surface area contributed by atoms with Crippen LogP contribution in [0.4, 0.5) is 32.0 Å². The summed E-state index contributed by atoms with van der Waals surface area (Å²) in [5.74, 6) is 0. The zero-order valence-electron chi connectivity index (χ0n) is 19.4. The Kier molecular flexibility index (Phi) is 6.85. The maximum absolute atomic E-state index is 13.3. The van der Waals surface area contributed by atoms with E-state index in [0.717, 1.165) is 37.7 Å². The number of benzene rings is 2. The van der Waals surface area contributed by atoms with Crippen molar-refractivity contribution in [3.05, 3.63) is 65.2 Å². The summed E-state index contributed by atoms with van der Waals surface area (Å²) in [4.78, 5) is 1.99. The Balaban J connectivity index is 1.66. The molecule has 1 heterocycles. The molecule has 0 bridgehead atoms. The number of nitrogens with zero attached hydrogens (tertiary/aromatic N) is 1. The third-order valence-corrected chi connectivity index (χ3v) is 7.65. The number of alkyl halides is 6. The molecule has 2 aromatic rings. The molecule has 0 amide bonds. The molecule has 0 unspecified atom stereocenters. The Hall–Kier alpha value is -2.29. The van der Waals surface area contributed by atoms with E-state index in [0.29, 0.717) is 25.1 Å². The van der Waals surface area contributed by atoms with Gasteiger partial charge in [0.25, 0.3) is 0 Å². The Bertz CT molecular complexity index is 1030. The lowest BCUT2D eigenvalue weighted by Crippen LogP contribution is -2.48. The molecule has 4 rings (SSSR count). The van der Waals surface area contributed by atoms with E-state index in [4.69, 9.17) is 12.2 Å². The van der Waals surface area contributed by atoms with Gasteiger partial charge in [0.2, 0.25) is 0 Å². The monoisotopic (exact) mass is 514 g/mol. The van der Waals surface area contributed by atoms with Crippen LogP contribution in [-0.4, -0.2) is 22.1 Å². The van der Waals surface area contributed by atoms with Crippen LogP contribution in [-0.2, 0) is 18.8 Å². The molecule has 1 atom stereocenters. The van der Waals surface area contributed by atoms with Crippen molar-refractivity contribution in [3.8, 4) is 0 Å². The highest BCUT2D eigenvalue weighted by atomic mass is 32.1. The van der Waals surface area contributed by atoms with Crippen LogP contribution in [0.5, 0.6) is 0 Å². The standard InChI is InChI=1S/C26H28F6N2S/c1-23(15-18-8-4-2-5-9-18)16-24(10-6-3-7-11-24)17-34(23)22(35)33-21-13-19(25(27,28)29)12-20(14-21)26(30,31)32/h2,4-5,8-9,12-14H,3,6-7,10-11,15-17H2,1H3,(H,33,35)/t23-/m1/s1. The van der Waals surface area contributed by atoms with Crippen molar-refractivity contribution in [1.82, 2.24) is 4.90 Å². The van der Waals surface area contributed by atoms with Gasteiger partial charge >= 0.3 is 12.4 Å². The molecule has 2 fully saturated rings. The summed E-state index contributed by atoms with van der Waals surface area (Å²) in [5, 5.41) is 2.88. The van der Waals surface area contributed by atoms with Crippen molar-refractivity contribution >= 4 is 23.0 Å². The minimum Gasteiger partial charge on any atom is -0.343 e. The van der Waals surface area contributed by atoms with Crippen LogP contribution >= 0.6 is 12.2 Å². The number of nitrogens with one attached hydrogen (secondary N) is 1. The summed E-state index contributed by atoms with van der Waals surface area (Å²) in [6, 6.07) is 11.4. The Labute approximate surface area is 206 Å². The maximum Gasteiger partial charge on any atom is 0.416 e. The first kappa shape index (κ1) is 25.8. The van der Waals surface area contributed by atoms with Crippen LogP contribution in [0.1, 0.15) is 62.1 Å². The van der Waals surface area contributed by atoms with E-state index >= 15 is 0 Å². The summed E-state index contributed by atoms with van der Waals surface area (Å²) in [7, 11) is 0. The first-order chi connectivity index (χ1) is 16.3. The molecule has 1 aliphatic heterocycles. The van der Waals surface area contributed by atoms with Crippen LogP contribution in [0.3, 0.4) is 0 Å². The Morgan fingerprint density at radius 3 is 2.03 bits per heavy atom. The molecule has 0 aromatic heterocycles. The van der Waals surface area contributed by atoms with Gasteiger partial charge in [-0.2, -0.15) is 26.3 Å². The predicted octanol–water partition coefficient (Wildman–Crippen LogP) is 8.08. The number of anilines is 1. The molecule has 2 nitrogen and oxygen atoms in total. The maximum atomic E-state index is 13.3. The second-order valence-corrected chi connectivity index (χ2v) is 10.6. The van der Waals surface area contributed by atoms with Crippen molar-refractivity contribution in [1.29, 1.82) is 0 Å². The van der Waals surface area contributed by atoms with Crippen molar-refractivity contribution in [2.24, 2.45) is 5.41 Å². The second kappa shape index (κ2) is 9.30. The number of rotatable bonds is 3. The molecule has 35 heavy (non-hydrogen) atoms. The van der Waals surface area contributed by atoms with Gasteiger partial charge in [-0.05, 0) is 74.0 Å².